The fourth-order valence-corrected chi connectivity index (χ4v) is 5.17. The Morgan fingerprint density at radius 2 is 2.29 bits per heavy atom. The number of amides is 1. The van der Waals surface area contributed by atoms with Crippen molar-refractivity contribution in [3.8, 4) is 0 Å². The van der Waals surface area contributed by atoms with Crippen molar-refractivity contribution in [3.05, 3.63) is 0 Å². The van der Waals surface area contributed by atoms with Crippen molar-refractivity contribution in [2.24, 2.45) is 0 Å². The number of hydrogen-bond donors (Lipinski definition) is 2. The van der Waals surface area contributed by atoms with E-state index >= 15 is 0 Å². The molecule has 0 rings (SSSR count). The third-order valence-corrected chi connectivity index (χ3v) is 6.93. The van der Waals surface area contributed by atoms with Crippen molar-refractivity contribution < 1.29 is 7.87 Å². The number of halogens is 1. The molecule has 3 nitrogen and oxygen atoms in total. The number of thiol groups is 1. The van der Waals surface area contributed by atoms with Crippen LogP contribution in [0.15, 0.2) is 0 Å². The van der Waals surface area contributed by atoms with Crippen LogP contribution in [0.25, 0.3) is 0 Å². The van der Waals surface area contributed by atoms with Gasteiger partial charge in [-0.15, -0.1) is 0 Å². The van der Waals surface area contributed by atoms with Gasteiger partial charge in [-0.25, -0.2) is 0 Å². The van der Waals surface area contributed by atoms with Gasteiger partial charge in [0.05, 0.1) is 0 Å². The molecule has 6 heteroatoms. The van der Waals surface area contributed by atoms with E-state index in [2.05, 4.69) is 24.9 Å². The standard InChI is InChI=1S/C4H9NO2S.C4H9.ClH.Sn/c6-4(7)5-2-1-3-8;1-3-4-2;;/h5,8H,1-3H2,(H,6,7);1,3-4H2,2H3;1H;/q;;;+2/p-2. The van der Waals surface area contributed by atoms with E-state index in [1.165, 1.54) is 0 Å². The molecule has 0 atom stereocenters. The first-order valence-corrected chi connectivity index (χ1v) is 12.2. The molecule has 0 aliphatic carbocycles. The fourth-order valence-electron chi connectivity index (χ4n) is 0.773. The van der Waals surface area contributed by atoms with Crippen LogP contribution in [0.4, 0.5) is 4.79 Å². The summed E-state index contributed by atoms with van der Waals surface area (Å²) in [5.74, 6) is 0.766. The Morgan fingerprint density at radius 1 is 1.57 bits per heavy atom. The van der Waals surface area contributed by atoms with Crippen LogP contribution in [0.3, 0.4) is 0 Å². The van der Waals surface area contributed by atoms with Crippen LogP contribution in [0.2, 0.25) is 4.44 Å². The summed E-state index contributed by atoms with van der Waals surface area (Å²) in [5, 5.41) is 2.65. The Kier molecular flexibility index (Phi) is 10.8. The third kappa shape index (κ3) is 9.27. The molecule has 1 amide bonds. The second-order valence-corrected chi connectivity index (χ2v) is 10.2. The molecule has 0 bridgehead atoms. The number of carbonyl (C=O) groups excluding carboxylic acids is 1. The number of hydrogen-bond acceptors (Lipinski definition) is 3. The second-order valence-electron chi connectivity index (χ2n) is 2.85. The Bertz CT molecular complexity index is 162. The Morgan fingerprint density at radius 3 is 2.86 bits per heavy atom. The van der Waals surface area contributed by atoms with E-state index in [9.17, 15) is 4.79 Å². The minimum atomic E-state index is -2.32. The zero-order valence-corrected chi connectivity index (χ0v) is 12.9. The number of nitrogens with one attached hydrogen (secondary N) is 1. The van der Waals surface area contributed by atoms with Crippen LogP contribution in [-0.4, -0.2) is 37.4 Å². The van der Waals surface area contributed by atoms with Gasteiger partial charge < -0.3 is 0 Å². The van der Waals surface area contributed by atoms with Crippen LogP contribution in [0.5, 0.6) is 0 Å². The molecule has 0 aromatic rings. The zero-order chi connectivity index (χ0) is 10.8. The number of unbranched alkanes of at least 4 members (excludes halogenated alkanes) is 1. The summed E-state index contributed by atoms with van der Waals surface area (Å²) in [4.78, 5) is 11.1. The number of rotatable bonds is 7. The third-order valence-electron chi connectivity index (χ3n) is 1.53. The maximum absolute atomic E-state index is 11.1. The predicted octanol–water partition coefficient (Wildman–Crippen LogP) is 2.56. The molecule has 0 spiro atoms. The van der Waals surface area contributed by atoms with Crippen LogP contribution < -0.4 is 5.32 Å². The summed E-state index contributed by atoms with van der Waals surface area (Å²) >= 11 is 1.71. The molecular weight excluding hydrogens is 328 g/mol. The van der Waals surface area contributed by atoms with E-state index in [4.69, 9.17) is 12.0 Å². The van der Waals surface area contributed by atoms with E-state index in [-0.39, 0.29) is 6.09 Å². The molecule has 0 unspecified atom stereocenters. The summed E-state index contributed by atoms with van der Waals surface area (Å²) in [6, 6.07) is 0. The molecule has 0 aromatic carbocycles. The van der Waals surface area contributed by atoms with E-state index in [0.29, 0.717) is 6.54 Å². The Hall–Kier alpha value is 0.709. The summed E-state index contributed by atoms with van der Waals surface area (Å²) in [5.41, 5.74) is 0. The molecule has 1 radical (unpaired) electrons. The molecule has 0 heterocycles. The van der Waals surface area contributed by atoms with Crippen LogP contribution in [0.1, 0.15) is 26.2 Å². The molecule has 0 aromatic heterocycles. The average molecular weight is 345 g/mol. The average Bonchev–Trinajstić information content (AvgIpc) is 2.15. The fraction of sp³-hybridized carbons (Fsp3) is 0.875. The van der Waals surface area contributed by atoms with Gasteiger partial charge in [0, 0.05) is 0 Å². The Balaban J connectivity index is 3.40. The molecule has 0 saturated heterocycles. The van der Waals surface area contributed by atoms with Crippen LogP contribution in [0, 0.1) is 0 Å². The van der Waals surface area contributed by atoms with Gasteiger partial charge >= 0.3 is 103 Å². The summed E-state index contributed by atoms with van der Waals surface area (Å²) in [6.45, 7) is 2.71. The van der Waals surface area contributed by atoms with E-state index < -0.39 is 19.0 Å². The first kappa shape index (κ1) is 14.7. The zero-order valence-electron chi connectivity index (χ0n) is 8.38. The van der Waals surface area contributed by atoms with Gasteiger partial charge in [-0.3, -0.25) is 0 Å². The van der Waals surface area contributed by atoms with Crippen molar-refractivity contribution in [2.45, 2.75) is 30.6 Å². The Labute approximate surface area is 102 Å². The molecule has 0 aliphatic rings. The van der Waals surface area contributed by atoms with E-state index in [1.54, 1.807) is 0 Å². The van der Waals surface area contributed by atoms with Crippen LogP contribution in [-0.2, 0) is 3.07 Å². The first-order chi connectivity index (χ1) is 6.70. The van der Waals surface area contributed by atoms with Gasteiger partial charge in [-0.1, -0.05) is 0 Å². The van der Waals surface area contributed by atoms with E-state index in [0.717, 1.165) is 29.5 Å². The summed E-state index contributed by atoms with van der Waals surface area (Å²) in [7, 11) is 5.97. The molecular formula is C8H17ClNO2SSn. The molecule has 0 saturated carbocycles. The summed E-state index contributed by atoms with van der Waals surface area (Å²) < 4.78 is 5.99. The molecule has 14 heavy (non-hydrogen) atoms. The van der Waals surface area contributed by atoms with E-state index in [1.807, 2.05) is 0 Å². The normalized spacial score (nSPS) is 10.3. The van der Waals surface area contributed by atoms with Gasteiger partial charge in [-0.05, 0) is 0 Å². The number of carbonyl (C=O) groups is 1. The van der Waals surface area contributed by atoms with Gasteiger partial charge in [-0.2, -0.15) is 0 Å². The van der Waals surface area contributed by atoms with Crippen molar-refractivity contribution >= 4 is 46.7 Å². The van der Waals surface area contributed by atoms with Gasteiger partial charge in [0.2, 0.25) is 0 Å². The molecule has 0 aliphatic heterocycles. The van der Waals surface area contributed by atoms with Gasteiger partial charge in [0.25, 0.3) is 0 Å². The minimum absolute atomic E-state index is 0.354. The SMILES string of the molecule is CCC[CH2][Sn]([Cl])[O]C(=O)NCCCS. The molecule has 1 N–H and O–H groups in total. The molecule has 0 fully saturated rings. The van der Waals surface area contributed by atoms with Crippen molar-refractivity contribution in [2.75, 3.05) is 12.3 Å². The molecule has 83 valence electrons. The predicted molar refractivity (Wildman–Crippen MR) is 64.3 cm³/mol. The monoisotopic (exact) mass is 346 g/mol. The summed E-state index contributed by atoms with van der Waals surface area (Å²) in [6.07, 6.45) is 2.66. The second kappa shape index (κ2) is 10.2. The van der Waals surface area contributed by atoms with Gasteiger partial charge in [0.1, 0.15) is 0 Å². The van der Waals surface area contributed by atoms with Crippen molar-refractivity contribution in [1.29, 1.82) is 0 Å². The van der Waals surface area contributed by atoms with Crippen molar-refractivity contribution in [3.63, 3.8) is 0 Å². The van der Waals surface area contributed by atoms with Crippen molar-refractivity contribution in [1.82, 2.24) is 5.32 Å². The van der Waals surface area contributed by atoms with Gasteiger partial charge in [0.15, 0.2) is 0 Å². The maximum atomic E-state index is 11.1. The van der Waals surface area contributed by atoms with Crippen LogP contribution >= 0.6 is 21.5 Å². The first-order valence-electron chi connectivity index (χ1n) is 4.78. The topological polar surface area (TPSA) is 38.3 Å². The quantitative estimate of drug-likeness (QED) is 0.423.